The van der Waals surface area contributed by atoms with Gasteiger partial charge in [-0.3, -0.25) is 0 Å². The summed E-state index contributed by atoms with van der Waals surface area (Å²) in [6.07, 6.45) is 0. The van der Waals surface area contributed by atoms with E-state index in [0.29, 0.717) is 0 Å². The van der Waals surface area contributed by atoms with Gasteiger partial charge in [0.2, 0.25) is 0 Å². The lowest BCUT2D eigenvalue weighted by molar-refractivity contribution is 0.268. The van der Waals surface area contributed by atoms with Crippen LogP contribution in [0.5, 0.6) is 0 Å². The summed E-state index contributed by atoms with van der Waals surface area (Å²) in [5, 5.41) is 14.1. The quantitative estimate of drug-likeness (QED) is 0.105. The maximum absolute atomic E-state index is 8.38. The molecule has 0 aliphatic carbocycles. The lowest BCUT2D eigenvalue weighted by atomic mass is 10.1. The molecule has 1 fully saturated rings. The predicted molar refractivity (Wildman–Crippen MR) is 293 cm³/mol. The first-order valence-electron chi connectivity index (χ1n) is 23.2. The third-order valence-electron chi connectivity index (χ3n) is 13.5. The van der Waals surface area contributed by atoms with Crippen LogP contribution in [0.1, 0.15) is 0 Å². The molecule has 1 aliphatic rings. The van der Waals surface area contributed by atoms with Crippen molar-refractivity contribution in [3.8, 4) is 0 Å². The van der Waals surface area contributed by atoms with Crippen molar-refractivity contribution >= 4 is 117 Å². The Balaban J connectivity index is 1.22. The van der Waals surface area contributed by atoms with E-state index in [-0.39, 0.29) is 0 Å². The summed E-state index contributed by atoms with van der Waals surface area (Å²) in [7, 11) is -14.5. The Labute approximate surface area is 405 Å². The molecule has 11 aromatic rings. The van der Waals surface area contributed by atoms with Gasteiger partial charge in [0.1, 0.15) is 0 Å². The zero-order valence-electron chi connectivity index (χ0n) is 37.2. The van der Waals surface area contributed by atoms with Crippen LogP contribution < -0.4 is 51.9 Å². The van der Waals surface area contributed by atoms with Crippen LogP contribution in [0.2, 0.25) is 0 Å². The fourth-order valence-electron chi connectivity index (χ4n) is 10.5. The van der Waals surface area contributed by atoms with Gasteiger partial charge in [0, 0.05) is 20.2 Å². The third-order valence-corrected chi connectivity index (χ3v) is 33.2. The molecule has 326 valence electrons. The summed E-state index contributed by atoms with van der Waals surface area (Å²) >= 11 is 1.91. The van der Waals surface area contributed by atoms with E-state index in [0.717, 1.165) is 31.1 Å². The van der Waals surface area contributed by atoms with Crippen molar-refractivity contribution in [1.29, 1.82) is 0 Å². The number of hydrogen-bond acceptors (Lipinski definition) is 4. The molecule has 8 heteroatoms. The topological polar surface area (TPSA) is 27.7 Å². The lowest BCUT2D eigenvalue weighted by Gasteiger charge is -2.53. The van der Waals surface area contributed by atoms with Gasteiger partial charge in [0.25, 0.3) is 0 Å². The maximum atomic E-state index is 8.38. The van der Waals surface area contributed by atoms with Crippen LogP contribution in [0.15, 0.2) is 279 Å². The molecule has 10 aromatic carbocycles. The first-order chi connectivity index (χ1) is 33.6. The molecule has 0 radical (unpaired) electrons. The van der Waals surface area contributed by atoms with E-state index in [2.05, 4.69) is 279 Å². The highest BCUT2D eigenvalue weighted by Gasteiger charge is 2.67. The van der Waals surface area contributed by atoms with Crippen LogP contribution in [0.25, 0.3) is 20.2 Å². The molecule has 0 unspecified atom stereocenters. The van der Waals surface area contributed by atoms with Gasteiger partial charge in [-0.05, 0) is 57.9 Å². The van der Waals surface area contributed by atoms with E-state index in [1.807, 2.05) is 11.3 Å². The van der Waals surface area contributed by atoms with Crippen molar-refractivity contribution < 1.29 is 12.3 Å². The first kappa shape index (κ1) is 42.5. The average molecular weight is 959 g/mol. The molecule has 1 aliphatic heterocycles. The Morgan fingerprint density at radius 3 is 1.04 bits per heavy atom. The van der Waals surface area contributed by atoms with Crippen LogP contribution in [0, 0.1) is 0 Å². The molecule has 0 spiro atoms. The Hall–Kier alpha value is -6.83. The maximum Gasteiger partial charge on any atom is 0.390 e. The summed E-state index contributed by atoms with van der Waals surface area (Å²) in [4.78, 5) is 0. The minimum Gasteiger partial charge on any atom is -0.402 e. The van der Waals surface area contributed by atoms with Crippen LogP contribution >= 0.6 is 11.3 Å². The zero-order chi connectivity index (χ0) is 45.4. The average Bonchev–Trinajstić information content (AvgIpc) is 3.82. The minimum absolute atomic E-state index is 1.03. The van der Waals surface area contributed by atoms with E-state index in [9.17, 15) is 0 Å². The Bertz CT molecular complexity index is 3280. The summed E-state index contributed by atoms with van der Waals surface area (Å²) in [6, 6.07) is 101. The minimum atomic E-state index is -3.91. The number of hydrogen-bond donors (Lipinski definition) is 0. The van der Waals surface area contributed by atoms with Crippen LogP contribution in [0.4, 0.5) is 0 Å². The molecule has 12 rings (SSSR count). The van der Waals surface area contributed by atoms with Gasteiger partial charge in [-0.15, -0.1) is 11.3 Å². The Morgan fingerprint density at radius 2 is 0.603 bits per heavy atom. The normalized spacial score (nSPS) is 15.2. The van der Waals surface area contributed by atoms with Crippen molar-refractivity contribution in [2.24, 2.45) is 0 Å². The third kappa shape index (κ3) is 6.91. The van der Waals surface area contributed by atoms with Gasteiger partial charge in [0.05, 0.1) is 0 Å². The van der Waals surface area contributed by atoms with Crippen LogP contribution in [-0.2, 0) is 12.3 Å². The van der Waals surface area contributed by atoms with Crippen LogP contribution in [-0.4, -0.2) is 33.8 Å². The van der Waals surface area contributed by atoms with Crippen molar-refractivity contribution in [2.45, 2.75) is 0 Å². The lowest BCUT2D eigenvalue weighted by Crippen LogP contribution is -2.88. The second-order valence-electron chi connectivity index (χ2n) is 17.3. The molecule has 0 amide bonds. The molecule has 0 saturated carbocycles. The monoisotopic (exact) mass is 958 g/mol. The SMILES string of the molecule is c1ccc([Si]2(c3ccccc3)O[Si](c3ccccc3)(c3ccccc3)O[Si](c3ccccc3)(c3cccc([Si](c4ccccc4)(c4ccccc4)c4cccc5c4sc4ccccc45)c3)O2)cc1. The summed E-state index contributed by atoms with van der Waals surface area (Å²) in [5.41, 5.74) is 0. The zero-order valence-corrected chi connectivity index (χ0v) is 42.0. The smallest absolute Gasteiger partial charge is 0.390 e. The van der Waals surface area contributed by atoms with Gasteiger partial charge < -0.3 is 12.3 Å². The van der Waals surface area contributed by atoms with E-state index in [1.54, 1.807) is 0 Å². The number of fused-ring (bicyclic) bond motifs is 3. The van der Waals surface area contributed by atoms with Crippen molar-refractivity contribution in [3.05, 3.63) is 279 Å². The fraction of sp³-hybridized carbons (Fsp3) is 0. The van der Waals surface area contributed by atoms with Gasteiger partial charge in [0.15, 0.2) is 8.07 Å². The molecule has 0 N–H and O–H groups in total. The number of rotatable bonds is 10. The second kappa shape index (κ2) is 17.7. The van der Waals surface area contributed by atoms with E-state index < -0.39 is 33.8 Å². The van der Waals surface area contributed by atoms with Gasteiger partial charge in [-0.25, -0.2) is 0 Å². The summed E-state index contributed by atoms with van der Waals surface area (Å²) in [6.45, 7) is 0. The van der Waals surface area contributed by atoms with E-state index in [4.69, 9.17) is 12.3 Å². The molecule has 68 heavy (non-hydrogen) atoms. The largest absolute Gasteiger partial charge is 0.402 e. The van der Waals surface area contributed by atoms with Crippen molar-refractivity contribution in [1.82, 2.24) is 0 Å². The Morgan fingerprint density at radius 1 is 0.279 bits per heavy atom. The first-order valence-corrected chi connectivity index (χ1v) is 31.4. The molecule has 2 heterocycles. The van der Waals surface area contributed by atoms with Crippen molar-refractivity contribution in [2.75, 3.05) is 0 Å². The molecule has 0 atom stereocenters. The van der Waals surface area contributed by atoms with Gasteiger partial charge in [-0.1, -0.05) is 273 Å². The summed E-state index contributed by atoms with van der Waals surface area (Å²) in [5.74, 6) is 0. The highest BCUT2D eigenvalue weighted by Crippen LogP contribution is 2.35. The van der Waals surface area contributed by atoms with Crippen LogP contribution in [0.3, 0.4) is 0 Å². The fourth-order valence-corrected chi connectivity index (χ4v) is 34.2. The molecular weight excluding hydrogens is 913 g/mol. The summed E-state index contributed by atoms with van der Waals surface area (Å²) < 4.78 is 27.5. The predicted octanol–water partition coefficient (Wildman–Crippen LogP) is 7.56. The highest BCUT2D eigenvalue weighted by molar-refractivity contribution is 7.31. The molecular formula is C60H46O3SSi4. The number of thiophene rings is 1. The van der Waals surface area contributed by atoms with E-state index >= 15 is 0 Å². The highest BCUT2D eigenvalue weighted by atomic mass is 32.1. The van der Waals surface area contributed by atoms with Crippen molar-refractivity contribution in [3.63, 3.8) is 0 Å². The molecule has 1 aromatic heterocycles. The standard InChI is InChI=1S/C60H46O3SSi4/c1-8-26-47(27-9-1)65(48-28-10-2-11-29-48,59-45-25-43-57-56-42-22-23-44-58(56)64-60(57)59)54-40-24-41-55(46-54)68(53-38-20-7-21-39-53)62-66(49-30-12-3-13-31-49,50-32-14-4-15-33-50)61-67(63-68,51-34-16-5-17-35-51)52-36-18-6-19-37-52/h1-46H. The molecule has 1 saturated heterocycles. The van der Waals surface area contributed by atoms with Gasteiger partial charge >= 0.3 is 25.7 Å². The molecule has 0 bridgehead atoms. The van der Waals surface area contributed by atoms with Gasteiger partial charge in [-0.2, -0.15) is 0 Å². The molecule has 3 nitrogen and oxygen atoms in total. The Kier molecular flexibility index (Phi) is 11.1. The van der Waals surface area contributed by atoms with E-state index in [1.165, 1.54) is 40.9 Å². The second-order valence-corrected chi connectivity index (χ2v) is 31.8. The number of benzene rings is 10.